The van der Waals surface area contributed by atoms with E-state index in [9.17, 15) is 14.7 Å². The van der Waals surface area contributed by atoms with Gasteiger partial charge in [-0.1, -0.05) is 48.5 Å². The van der Waals surface area contributed by atoms with Crippen LogP contribution >= 0.6 is 11.3 Å². The van der Waals surface area contributed by atoms with Crippen molar-refractivity contribution in [1.82, 2.24) is 5.32 Å². The van der Waals surface area contributed by atoms with Gasteiger partial charge in [0.25, 0.3) is 11.8 Å². The topological polar surface area (TPSA) is 123 Å². The van der Waals surface area contributed by atoms with Gasteiger partial charge in [-0.2, -0.15) is 11.3 Å². The van der Waals surface area contributed by atoms with Crippen molar-refractivity contribution in [2.45, 2.75) is 38.4 Å². The van der Waals surface area contributed by atoms with E-state index in [1.165, 1.54) is 0 Å². The molecule has 0 radical (unpaired) electrons. The molecule has 210 valence electrons. The molecule has 2 amide bonds. The predicted octanol–water partition coefficient (Wildman–Crippen LogP) is 5.32. The van der Waals surface area contributed by atoms with Crippen LogP contribution in [0, 0.1) is 0 Å². The number of nitrogens with two attached hydrogens (primary N) is 1. The third-order valence-electron chi connectivity index (χ3n) is 6.77. The monoisotopic (exact) mass is 569 g/mol. The Hall–Kier alpha value is -4.44. The second-order valence-electron chi connectivity index (χ2n) is 9.68. The van der Waals surface area contributed by atoms with Gasteiger partial charge in [0.1, 0.15) is 0 Å². The standard InChI is InChI=1S/C32H31N3O5S/c33-27-3-1-2-4-28(27)35-31(37)24-11-9-21(10-12-24)17-34-32(38)29-15-26(25-13-14-41-20-25)16-30(40-29)39-19-23-7-5-22(18-36)6-8-23/h1-15,20,26,30,36H,16-19,33H2,(H,34,38)(H,35,37)/t26-,30+/m1/s1. The number of hydrogen-bond acceptors (Lipinski definition) is 7. The van der Waals surface area contributed by atoms with E-state index in [-0.39, 0.29) is 36.6 Å². The average Bonchev–Trinajstić information content (AvgIpc) is 3.56. The number of benzene rings is 3. The molecule has 1 aromatic heterocycles. The van der Waals surface area contributed by atoms with Crippen LogP contribution < -0.4 is 16.4 Å². The normalized spacial score (nSPS) is 16.4. The number of aliphatic hydroxyl groups excluding tert-OH is 1. The highest BCUT2D eigenvalue weighted by Crippen LogP contribution is 2.33. The molecule has 0 aliphatic carbocycles. The van der Waals surface area contributed by atoms with Crippen molar-refractivity contribution in [3.05, 3.63) is 129 Å². The van der Waals surface area contributed by atoms with Gasteiger partial charge >= 0.3 is 0 Å². The van der Waals surface area contributed by atoms with Crippen LogP contribution in [0.1, 0.15) is 45.0 Å². The zero-order valence-corrected chi connectivity index (χ0v) is 23.1. The third-order valence-corrected chi connectivity index (χ3v) is 7.47. The minimum atomic E-state index is -0.598. The molecule has 0 unspecified atom stereocenters. The number of nitrogens with one attached hydrogen (secondary N) is 2. The van der Waals surface area contributed by atoms with Gasteiger partial charge in [0.05, 0.1) is 24.6 Å². The minimum Gasteiger partial charge on any atom is -0.459 e. The van der Waals surface area contributed by atoms with Crippen LogP contribution in [0.15, 0.2) is 101 Å². The molecule has 0 saturated carbocycles. The van der Waals surface area contributed by atoms with Crippen molar-refractivity contribution in [1.29, 1.82) is 0 Å². The highest BCUT2D eigenvalue weighted by Gasteiger charge is 2.29. The summed E-state index contributed by atoms with van der Waals surface area (Å²) >= 11 is 1.60. The molecule has 8 nitrogen and oxygen atoms in total. The van der Waals surface area contributed by atoms with Crippen LogP contribution in [0.2, 0.25) is 0 Å². The number of anilines is 2. The first-order valence-electron chi connectivity index (χ1n) is 13.2. The molecule has 2 atom stereocenters. The van der Waals surface area contributed by atoms with Crippen LogP contribution in [0.3, 0.4) is 0 Å². The average molecular weight is 570 g/mol. The maximum atomic E-state index is 13.1. The Morgan fingerprint density at radius 3 is 2.39 bits per heavy atom. The van der Waals surface area contributed by atoms with Crippen LogP contribution in [0.4, 0.5) is 11.4 Å². The van der Waals surface area contributed by atoms with E-state index in [1.807, 2.05) is 41.8 Å². The lowest BCUT2D eigenvalue weighted by atomic mass is 9.95. The van der Waals surface area contributed by atoms with Crippen molar-refractivity contribution in [2.24, 2.45) is 0 Å². The van der Waals surface area contributed by atoms with Crippen LogP contribution in [-0.2, 0) is 34.0 Å². The number of aliphatic hydroxyl groups is 1. The van der Waals surface area contributed by atoms with E-state index in [0.29, 0.717) is 30.0 Å². The number of carbonyl (C=O) groups is 2. The fourth-order valence-electron chi connectivity index (χ4n) is 4.42. The van der Waals surface area contributed by atoms with Gasteiger partial charge in [-0.3, -0.25) is 9.59 Å². The molecule has 1 aliphatic heterocycles. The van der Waals surface area contributed by atoms with Crippen LogP contribution in [-0.4, -0.2) is 23.2 Å². The van der Waals surface area contributed by atoms with Gasteiger partial charge in [0, 0.05) is 24.4 Å². The van der Waals surface area contributed by atoms with Crippen LogP contribution in [0.5, 0.6) is 0 Å². The SMILES string of the molecule is Nc1ccccc1NC(=O)c1ccc(CNC(=O)C2=C[C@@H](c3ccsc3)C[C@@H](OCc3ccc(CO)cc3)O2)cc1. The first-order valence-corrected chi connectivity index (χ1v) is 14.2. The van der Waals surface area contributed by atoms with Gasteiger partial charge in [-0.15, -0.1) is 0 Å². The summed E-state index contributed by atoms with van der Waals surface area (Å²) in [4.78, 5) is 25.7. The molecule has 4 aromatic rings. The lowest BCUT2D eigenvalue weighted by Gasteiger charge is -2.29. The smallest absolute Gasteiger partial charge is 0.286 e. The van der Waals surface area contributed by atoms with Gasteiger partial charge in [0.2, 0.25) is 6.29 Å². The zero-order valence-electron chi connectivity index (χ0n) is 22.3. The second kappa shape index (κ2) is 13.3. The zero-order chi connectivity index (χ0) is 28.6. The summed E-state index contributed by atoms with van der Waals surface area (Å²) in [6.07, 6.45) is 1.83. The highest BCUT2D eigenvalue weighted by molar-refractivity contribution is 7.08. The first-order chi connectivity index (χ1) is 20.0. The van der Waals surface area contributed by atoms with Crippen molar-refractivity contribution in [3.63, 3.8) is 0 Å². The van der Waals surface area contributed by atoms with Gasteiger partial charge in [-0.05, 0) is 69.4 Å². The molecule has 9 heteroatoms. The van der Waals surface area contributed by atoms with Crippen molar-refractivity contribution in [3.8, 4) is 0 Å². The Bertz CT molecular complexity index is 1500. The number of rotatable bonds is 10. The Labute approximate surface area is 242 Å². The van der Waals surface area contributed by atoms with E-state index in [2.05, 4.69) is 16.0 Å². The maximum absolute atomic E-state index is 13.1. The number of thiophene rings is 1. The van der Waals surface area contributed by atoms with Crippen molar-refractivity contribution < 1.29 is 24.2 Å². The molecule has 5 rings (SSSR count). The fraction of sp³-hybridized carbons (Fsp3) is 0.188. The fourth-order valence-corrected chi connectivity index (χ4v) is 5.14. The van der Waals surface area contributed by atoms with E-state index in [1.54, 1.807) is 59.9 Å². The second-order valence-corrected chi connectivity index (χ2v) is 10.5. The van der Waals surface area contributed by atoms with E-state index < -0.39 is 6.29 Å². The van der Waals surface area contributed by atoms with Crippen LogP contribution in [0.25, 0.3) is 0 Å². The summed E-state index contributed by atoms with van der Waals surface area (Å²) in [5.41, 5.74) is 11.2. The number of carbonyl (C=O) groups excluding carboxylic acids is 2. The molecule has 0 fully saturated rings. The van der Waals surface area contributed by atoms with Gasteiger partial charge in [0.15, 0.2) is 5.76 Å². The number of nitrogen functional groups attached to an aromatic ring is 1. The molecule has 0 saturated heterocycles. The lowest BCUT2D eigenvalue weighted by molar-refractivity contribution is -0.150. The van der Waals surface area contributed by atoms with Gasteiger partial charge in [-0.25, -0.2) is 0 Å². The Kier molecular flexibility index (Phi) is 9.10. The summed E-state index contributed by atoms with van der Waals surface area (Å²) in [5.74, 6) is -0.417. The number of allylic oxidation sites excluding steroid dienone is 1. The predicted molar refractivity (Wildman–Crippen MR) is 159 cm³/mol. The summed E-state index contributed by atoms with van der Waals surface area (Å²) in [6.45, 7) is 0.569. The largest absolute Gasteiger partial charge is 0.459 e. The molecule has 0 bridgehead atoms. The van der Waals surface area contributed by atoms with E-state index in [4.69, 9.17) is 15.2 Å². The van der Waals surface area contributed by atoms with Crippen molar-refractivity contribution >= 4 is 34.5 Å². The number of hydrogen-bond donors (Lipinski definition) is 4. The third kappa shape index (κ3) is 7.40. The summed E-state index contributed by atoms with van der Waals surface area (Å²) in [5, 5.41) is 19.1. The Morgan fingerprint density at radius 1 is 0.951 bits per heavy atom. The summed E-state index contributed by atoms with van der Waals surface area (Å²) < 4.78 is 12.0. The van der Waals surface area contributed by atoms with E-state index >= 15 is 0 Å². The molecule has 0 spiro atoms. The maximum Gasteiger partial charge on any atom is 0.286 e. The lowest BCUT2D eigenvalue weighted by Crippen LogP contribution is -2.32. The molecule has 3 aromatic carbocycles. The highest BCUT2D eigenvalue weighted by atomic mass is 32.1. The molecular weight excluding hydrogens is 538 g/mol. The Balaban J connectivity index is 1.19. The number of amides is 2. The quantitative estimate of drug-likeness (QED) is 0.192. The number of para-hydroxylation sites is 2. The Morgan fingerprint density at radius 2 is 1.68 bits per heavy atom. The number of ether oxygens (including phenoxy) is 2. The van der Waals surface area contributed by atoms with Gasteiger partial charge < -0.3 is 30.9 Å². The molecule has 2 heterocycles. The van der Waals surface area contributed by atoms with E-state index in [0.717, 1.165) is 22.3 Å². The molecule has 41 heavy (non-hydrogen) atoms. The molecular formula is C32H31N3O5S. The first kappa shape index (κ1) is 28.1. The molecule has 5 N–H and O–H groups in total. The summed E-state index contributed by atoms with van der Waals surface area (Å²) in [7, 11) is 0. The summed E-state index contributed by atoms with van der Waals surface area (Å²) in [6, 6.07) is 23.6. The minimum absolute atomic E-state index is 0.0122. The van der Waals surface area contributed by atoms with Crippen molar-refractivity contribution in [2.75, 3.05) is 11.1 Å². The molecule has 1 aliphatic rings.